The Kier molecular flexibility index (Phi) is 7.54. The molecule has 1 aliphatic carbocycles. The minimum Gasteiger partial charge on any atom is -0.469 e. The normalized spacial score (nSPS) is 12.1. The highest BCUT2D eigenvalue weighted by Gasteiger charge is 2.28. The van der Waals surface area contributed by atoms with Gasteiger partial charge in [-0.1, -0.05) is 72.8 Å². The average Bonchev–Trinajstić information content (AvgIpc) is 3.28. The number of carbonyl (C=O) groups excluding carboxylic acids is 2. The van der Waals surface area contributed by atoms with E-state index in [9.17, 15) is 9.59 Å². The molecule has 1 N–H and O–H groups in total. The van der Waals surface area contributed by atoms with E-state index in [0.717, 1.165) is 11.1 Å². The monoisotopic (exact) mass is 505 g/mol. The highest BCUT2D eigenvalue weighted by molar-refractivity contribution is 5.79. The van der Waals surface area contributed by atoms with Crippen LogP contribution in [0.5, 0.6) is 0 Å². The average molecular weight is 506 g/mol. The van der Waals surface area contributed by atoms with Gasteiger partial charge in [-0.05, 0) is 57.6 Å². The molecular formula is C31H27N3O4. The van der Waals surface area contributed by atoms with Crippen molar-refractivity contribution in [3.63, 3.8) is 0 Å². The van der Waals surface area contributed by atoms with Crippen molar-refractivity contribution in [3.05, 3.63) is 119 Å². The van der Waals surface area contributed by atoms with Crippen LogP contribution in [0.25, 0.3) is 11.1 Å². The smallest absolute Gasteiger partial charge is 0.407 e. The number of azo groups is 1. The second-order valence-electron chi connectivity index (χ2n) is 8.97. The quantitative estimate of drug-likeness (QED) is 0.209. The molecule has 5 rings (SSSR count). The van der Waals surface area contributed by atoms with Crippen LogP contribution in [0, 0.1) is 0 Å². The van der Waals surface area contributed by atoms with Crippen molar-refractivity contribution in [2.45, 2.75) is 18.9 Å². The molecule has 190 valence electrons. The van der Waals surface area contributed by atoms with Crippen LogP contribution in [0.4, 0.5) is 16.2 Å². The van der Waals surface area contributed by atoms with Gasteiger partial charge in [-0.25, -0.2) is 4.79 Å². The summed E-state index contributed by atoms with van der Waals surface area (Å²) < 4.78 is 10.3. The fourth-order valence-electron chi connectivity index (χ4n) is 4.64. The number of esters is 1. The van der Waals surface area contributed by atoms with Crippen LogP contribution in [0.15, 0.2) is 107 Å². The molecule has 7 heteroatoms. The molecule has 0 bridgehead atoms. The van der Waals surface area contributed by atoms with E-state index in [2.05, 4.69) is 39.8 Å². The van der Waals surface area contributed by atoms with E-state index in [1.54, 1.807) is 6.07 Å². The molecule has 1 aliphatic rings. The Morgan fingerprint density at radius 1 is 0.763 bits per heavy atom. The van der Waals surface area contributed by atoms with E-state index in [0.29, 0.717) is 17.9 Å². The van der Waals surface area contributed by atoms with Gasteiger partial charge in [-0.2, -0.15) is 10.2 Å². The van der Waals surface area contributed by atoms with E-state index in [4.69, 9.17) is 9.47 Å². The van der Waals surface area contributed by atoms with E-state index >= 15 is 0 Å². The highest BCUT2D eigenvalue weighted by atomic mass is 16.5. The lowest BCUT2D eigenvalue weighted by molar-refractivity contribution is -0.139. The van der Waals surface area contributed by atoms with Gasteiger partial charge in [-0.3, -0.25) is 4.79 Å². The lowest BCUT2D eigenvalue weighted by Crippen LogP contribution is -2.25. The van der Waals surface area contributed by atoms with Crippen LogP contribution >= 0.6 is 0 Å². The van der Waals surface area contributed by atoms with Crippen molar-refractivity contribution in [1.29, 1.82) is 0 Å². The van der Waals surface area contributed by atoms with Crippen LogP contribution in [-0.4, -0.2) is 25.8 Å². The van der Waals surface area contributed by atoms with E-state index in [-0.39, 0.29) is 24.9 Å². The lowest BCUT2D eigenvalue weighted by atomic mass is 9.98. The molecule has 0 saturated heterocycles. The largest absolute Gasteiger partial charge is 0.469 e. The topological polar surface area (TPSA) is 89.4 Å². The maximum absolute atomic E-state index is 12.5. The number of benzene rings is 4. The molecule has 4 aromatic rings. The zero-order valence-electron chi connectivity index (χ0n) is 21.0. The van der Waals surface area contributed by atoms with Crippen LogP contribution in [0.2, 0.25) is 0 Å². The van der Waals surface area contributed by atoms with Gasteiger partial charge in [0.2, 0.25) is 0 Å². The predicted molar refractivity (Wildman–Crippen MR) is 145 cm³/mol. The SMILES string of the molecule is COC(=O)Cc1cccc(N=Nc2cccc(CNC(=O)OCC3c4ccccc4-c4ccccc43)c2)c1. The molecule has 1 amide bonds. The van der Waals surface area contributed by atoms with Gasteiger partial charge in [0.15, 0.2) is 0 Å². The van der Waals surface area contributed by atoms with Crippen molar-refractivity contribution in [2.24, 2.45) is 10.2 Å². The molecule has 0 fully saturated rings. The summed E-state index contributed by atoms with van der Waals surface area (Å²) in [7, 11) is 1.36. The molecule has 0 unspecified atom stereocenters. The third kappa shape index (κ3) is 5.78. The molecule has 0 aliphatic heterocycles. The number of ether oxygens (including phenoxy) is 2. The molecule has 0 heterocycles. The molecule has 0 spiro atoms. The van der Waals surface area contributed by atoms with Gasteiger partial charge in [0.1, 0.15) is 6.61 Å². The van der Waals surface area contributed by atoms with E-state index < -0.39 is 6.09 Å². The molecular weight excluding hydrogens is 478 g/mol. The van der Waals surface area contributed by atoms with Crippen LogP contribution in [0.1, 0.15) is 28.2 Å². The number of fused-ring (bicyclic) bond motifs is 3. The maximum atomic E-state index is 12.5. The van der Waals surface area contributed by atoms with E-state index in [1.165, 1.54) is 29.4 Å². The van der Waals surface area contributed by atoms with Crippen molar-refractivity contribution in [3.8, 4) is 11.1 Å². The van der Waals surface area contributed by atoms with Gasteiger partial charge in [0.05, 0.1) is 24.9 Å². The lowest BCUT2D eigenvalue weighted by Gasteiger charge is -2.14. The Bertz CT molecular complexity index is 1450. The Hall–Kier alpha value is -4.78. The number of nitrogens with zero attached hydrogens (tertiary/aromatic N) is 2. The number of alkyl carbamates (subject to hydrolysis) is 1. The molecule has 0 radical (unpaired) electrons. The Morgan fingerprint density at radius 2 is 1.34 bits per heavy atom. The summed E-state index contributed by atoms with van der Waals surface area (Å²) >= 11 is 0. The standard InChI is InChI=1S/C31H27N3O4/c1-37-30(35)18-21-8-6-10-23(16-21)33-34-24-11-7-9-22(17-24)19-32-31(36)38-20-29-27-14-4-2-12-25(27)26-13-3-5-15-28(26)29/h2-17,29H,18-20H2,1H3,(H,32,36). The first-order valence-electron chi connectivity index (χ1n) is 12.4. The summed E-state index contributed by atoms with van der Waals surface area (Å²) in [6.45, 7) is 0.567. The first-order chi connectivity index (χ1) is 18.6. The number of nitrogens with one attached hydrogen (secondary N) is 1. The number of hydrogen-bond donors (Lipinski definition) is 1. The maximum Gasteiger partial charge on any atom is 0.407 e. The third-order valence-corrected chi connectivity index (χ3v) is 6.46. The fraction of sp³-hybridized carbons (Fsp3) is 0.161. The second kappa shape index (κ2) is 11.5. The van der Waals surface area contributed by atoms with E-state index in [1.807, 2.05) is 66.7 Å². The minimum absolute atomic E-state index is 0.0167. The van der Waals surface area contributed by atoms with Crippen LogP contribution < -0.4 is 5.32 Å². The number of amides is 1. The van der Waals surface area contributed by atoms with Gasteiger partial charge >= 0.3 is 12.1 Å². The summed E-state index contributed by atoms with van der Waals surface area (Å²) in [6.07, 6.45) is -0.294. The zero-order valence-corrected chi connectivity index (χ0v) is 21.0. The fourth-order valence-corrected chi connectivity index (χ4v) is 4.64. The van der Waals surface area contributed by atoms with Crippen LogP contribution in [-0.2, 0) is 27.2 Å². The molecule has 4 aromatic carbocycles. The molecule has 0 saturated carbocycles. The van der Waals surface area contributed by atoms with Crippen LogP contribution in [0.3, 0.4) is 0 Å². The highest BCUT2D eigenvalue weighted by Crippen LogP contribution is 2.44. The summed E-state index contributed by atoms with van der Waals surface area (Å²) in [4.78, 5) is 24.0. The Labute approximate surface area is 221 Å². The summed E-state index contributed by atoms with van der Waals surface area (Å²) in [5, 5.41) is 11.4. The molecule has 0 aromatic heterocycles. The van der Waals surface area contributed by atoms with Gasteiger partial charge in [0.25, 0.3) is 0 Å². The molecule has 38 heavy (non-hydrogen) atoms. The van der Waals surface area contributed by atoms with Gasteiger partial charge in [-0.15, -0.1) is 0 Å². The Morgan fingerprint density at radius 3 is 1.97 bits per heavy atom. The number of hydrogen-bond acceptors (Lipinski definition) is 6. The molecule has 0 atom stereocenters. The summed E-state index contributed by atoms with van der Waals surface area (Å²) in [5.74, 6) is -0.293. The summed E-state index contributed by atoms with van der Waals surface area (Å²) in [5.41, 5.74) is 7.69. The predicted octanol–water partition coefficient (Wildman–Crippen LogP) is 6.86. The van der Waals surface area contributed by atoms with Crippen molar-refractivity contribution in [1.82, 2.24) is 5.32 Å². The minimum atomic E-state index is -0.471. The van der Waals surface area contributed by atoms with Crippen molar-refractivity contribution >= 4 is 23.4 Å². The van der Waals surface area contributed by atoms with Gasteiger partial charge in [0, 0.05) is 12.5 Å². The van der Waals surface area contributed by atoms with Crippen molar-refractivity contribution < 1.29 is 19.1 Å². The number of methoxy groups -OCH3 is 1. The molecule has 7 nitrogen and oxygen atoms in total. The van der Waals surface area contributed by atoms with Gasteiger partial charge < -0.3 is 14.8 Å². The summed E-state index contributed by atoms with van der Waals surface area (Å²) in [6, 6.07) is 31.2. The third-order valence-electron chi connectivity index (χ3n) is 6.46. The zero-order chi connectivity index (χ0) is 26.3. The number of rotatable bonds is 8. The first-order valence-corrected chi connectivity index (χ1v) is 12.4. The van der Waals surface area contributed by atoms with Crippen molar-refractivity contribution in [2.75, 3.05) is 13.7 Å². The number of carbonyl (C=O) groups is 2. The Balaban J connectivity index is 1.17. The second-order valence-corrected chi connectivity index (χ2v) is 8.97. The first kappa shape index (κ1) is 24.9.